The molecule has 0 aliphatic heterocycles. The molecule has 0 fully saturated rings. The third-order valence-electron chi connectivity index (χ3n) is 1.49. The average Bonchev–Trinajstić information content (AvgIpc) is 2.35. The van der Waals surface area contributed by atoms with E-state index in [0.29, 0.717) is 13.2 Å². The van der Waals surface area contributed by atoms with Gasteiger partial charge in [0.05, 0.1) is 36.2 Å². The fourth-order valence-electron chi connectivity index (χ4n) is 0.832. The zero-order valence-corrected chi connectivity index (χ0v) is 8.41. The van der Waals surface area contributed by atoms with Crippen LogP contribution in [-0.2, 0) is 18.4 Å². The molecule has 0 radical (unpaired) electrons. The molecule has 0 aliphatic carbocycles. The van der Waals surface area contributed by atoms with Gasteiger partial charge in [0.25, 0.3) is 0 Å². The molecule has 68 valence electrons. The molecule has 4 nitrogen and oxygen atoms in total. The van der Waals surface area contributed by atoms with Crippen molar-refractivity contribution in [3.05, 3.63) is 16.4 Å². The lowest BCUT2D eigenvalue weighted by atomic mass is 10.4. The van der Waals surface area contributed by atoms with Crippen molar-refractivity contribution in [1.29, 1.82) is 0 Å². The summed E-state index contributed by atoms with van der Waals surface area (Å²) in [7, 11) is 1.85. The standard InChI is InChI=1S/C7H11BrN2O2/c1-10-7(5-12-3-2-11)6(8)4-9-10/h4,11H,2-3,5H2,1H3. The van der Waals surface area contributed by atoms with Crippen molar-refractivity contribution < 1.29 is 9.84 Å². The number of nitrogens with zero attached hydrogens (tertiary/aromatic N) is 2. The molecular weight excluding hydrogens is 224 g/mol. The van der Waals surface area contributed by atoms with E-state index in [4.69, 9.17) is 9.84 Å². The molecule has 1 aromatic heterocycles. The first-order chi connectivity index (χ1) is 5.75. The van der Waals surface area contributed by atoms with Crippen molar-refractivity contribution >= 4 is 15.9 Å². The van der Waals surface area contributed by atoms with Crippen LogP contribution in [0, 0.1) is 0 Å². The topological polar surface area (TPSA) is 47.3 Å². The Labute approximate surface area is 79.3 Å². The maximum absolute atomic E-state index is 8.47. The highest BCUT2D eigenvalue weighted by Crippen LogP contribution is 2.15. The number of halogens is 1. The molecule has 1 aromatic rings. The van der Waals surface area contributed by atoms with Crippen LogP contribution >= 0.6 is 15.9 Å². The summed E-state index contributed by atoms with van der Waals surface area (Å²) in [6.45, 7) is 0.880. The van der Waals surface area contributed by atoms with Gasteiger partial charge in [-0.15, -0.1) is 0 Å². The van der Waals surface area contributed by atoms with Gasteiger partial charge in [-0.05, 0) is 15.9 Å². The Hall–Kier alpha value is -0.390. The number of hydrogen-bond acceptors (Lipinski definition) is 3. The summed E-state index contributed by atoms with van der Waals surface area (Å²) < 4.78 is 7.82. The van der Waals surface area contributed by atoms with Gasteiger partial charge in [0.15, 0.2) is 0 Å². The molecule has 0 atom stereocenters. The van der Waals surface area contributed by atoms with Gasteiger partial charge in [0.1, 0.15) is 0 Å². The summed E-state index contributed by atoms with van der Waals surface area (Å²) in [6, 6.07) is 0. The van der Waals surface area contributed by atoms with Gasteiger partial charge < -0.3 is 9.84 Å². The van der Waals surface area contributed by atoms with Crippen molar-refractivity contribution in [2.75, 3.05) is 13.2 Å². The third-order valence-corrected chi connectivity index (χ3v) is 2.15. The van der Waals surface area contributed by atoms with Gasteiger partial charge in [-0.25, -0.2) is 0 Å². The number of aliphatic hydroxyl groups excluding tert-OH is 1. The second kappa shape index (κ2) is 4.59. The predicted octanol–water partition coefficient (Wildman–Crippen LogP) is 0.692. The van der Waals surface area contributed by atoms with Crippen molar-refractivity contribution in [3.8, 4) is 0 Å². The molecule has 12 heavy (non-hydrogen) atoms. The number of aliphatic hydroxyl groups is 1. The van der Waals surface area contributed by atoms with E-state index in [9.17, 15) is 0 Å². The van der Waals surface area contributed by atoms with Crippen LogP contribution < -0.4 is 0 Å². The van der Waals surface area contributed by atoms with Gasteiger partial charge in [0, 0.05) is 7.05 Å². The summed E-state index contributed by atoms with van der Waals surface area (Å²) in [5.41, 5.74) is 0.975. The van der Waals surface area contributed by atoms with Crippen LogP contribution in [-0.4, -0.2) is 28.1 Å². The van der Waals surface area contributed by atoms with Crippen LogP contribution in [0.25, 0.3) is 0 Å². The molecule has 0 bridgehead atoms. The predicted molar refractivity (Wildman–Crippen MR) is 47.6 cm³/mol. The summed E-state index contributed by atoms with van der Waals surface area (Å²) in [5, 5.41) is 12.5. The summed E-state index contributed by atoms with van der Waals surface area (Å²) >= 11 is 3.34. The van der Waals surface area contributed by atoms with Crippen molar-refractivity contribution in [2.45, 2.75) is 6.61 Å². The van der Waals surface area contributed by atoms with E-state index in [1.165, 1.54) is 0 Å². The minimum absolute atomic E-state index is 0.0511. The number of aryl methyl sites for hydroxylation is 1. The first-order valence-electron chi connectivity index (χ1n) is 3.60. The van der Waals surface area contributed by atoms with E-state index < -0.39 is 0 Å². The van der Waals surface area contributed by atoms with Gasteiger partial charge in [-0.2, -0.15) is 5.10 Å². The maximum atomic E-state index is 8.47. The van der Waals surface area contributed by atoms with E-state index in [1.54, 1.807) is 10.9 Å². The Kier molecular flexibility index (Phi) is 3.71. The SMILES string of the molecule is Cn1ncc(Br)c1COCCO. The zero-order valence-electron chi connectivity index (χ0n) is 6.83. The smallest absolute Gasteiger partial charge is 0.0897 e. The molecule has 0 spiro atoms. The summed E-state index contributed by atoms with van der Waals surface area (Å²) in [5.74, 6) is 0. The first-order valence-corrected chi connectivity index (χ1v) is 4.40. The summed E-state index contributed by atoms with van der Waals surface area (Å²) in [4.78, 5) is 0. The minimum atomic E-state index is 0.0511. The maximum Gasteiger partial charge on any atom is 0.0897 e. The molecule has 5 heteroatoms. The lowest BCUT2D eigenvalue weighted by molar-refractivity contribution is 0.0776. The van der Waals surface area contributed by atoms with Crippen LogP contribution in [0.15, 0.2) is 10.7 Å². The second-order valence-electron chi connectivity index (χ2n) is 2.34. The Morgan fingerprint density at radius 3 is 3.00 bits per heavy atom. The molecule has 1 heterocycles. The first kappa shape index (κ1) is 9.70. The highest BCUT2D eigenvalue weighted by molar-refractivity contribution is 9.10. The van der Waals surface area contributed by atoms with Gasteiger partial charge in [0.2, 0.25) is 0 Å². The van der Waals surface area contributed by atoms with Crippen LogP contribution in [0.3, 0.4) is 0 Å². The van der Waals surface area contributed by atoms with Crippen LogP contribution in [0.2, 0.25) is 0 Å². The molecule has 0 unspecified atom stereocenters. The lowest BCUT2D eigenvalue weighted by Gasteiger charge is -2.02. The summed E-state index contributed by atoms with van der Waals surface area (Å²) in [6.07, 6.45) is 1.72. The molecule has 1 N–H and O–H groups in total. The second-order valence-corrected chi connectivity index (χ2v) is 3.19. The lowest BCUT2D eigenvalue weighted by Crippen LogP contribution is -2.04. The van der Waals surface area contributed by atoms with Crippen molar-refractivity contribution in [2.24, 2.45) is 7.05 Å². The monoisotopic (exact) mass is 234 g/mol. The zero-order chi connectivity index (χ0) is 8.97. The number of aromatic nitrogens is 2. The highest BCUT2D eigenvalue weighted by atomic mass is 79.9. The molecule has 0 amide bonds. The van der Waals surface area contributed by atoms with E-state index in [1.807, 2.05) is 7.05 Å². The molecular formula is C7H11BrN2O2. The van der Waals surface area contributed by atoms with Gasteiger partial charge in [-0.1, -0.05) is 0 Å². The molecule has 0 aromatic carbocycles. The van der Waals surface area contributed by atoms with Crippen molar-refractivity contribution in [1.82, 2.24) is 9.78 Å². The van der Waals surface area contributed by atoms with Crippen LogP contribution in [0.1, 0.15) is 5.69 Å². The molecule has 0 saturated heterocycles. The molecule has 1 rings (SSSR count). The Balaban J connectivity index is 2.50. The fourth-order valence-corrected chi connectivity index (χ4v) is 1.29. The fraction of sp³-hybridized carbons (Fsp3) is 0.571. The van der Waals surface area contributed by atoms with E-state index in [0.717, 1.165) is 10.2 Å². The number of ether oxygens (including phenoxy) is 1. The molecule has 0 aliphatic rings. The quantitative estimate of drug-likeness (QED) is 0.781. The van der Waals surface area contributed by atoms with Crippen molar-refractivity contribution in [3.63, 3.8) is 0 Å². The number of hydrogen-bond donors (Lipinski definition) is 1. The van der Waals surface area contributed by atoms with Gasteiger partial charge in [-0.3, -0.25) is 4.68 Å². The largest absolute Gasteiger partial charge is 0.394 e. The van der Waals surface area contributed by atoms with E-state index in [-0.39, 0.29) is 6.61 Å². The average molecular weight is 235 g/mol. The Morgan fingerprint density at radius 1 is 1.75 bits per heavy atom. The normalized spacial score (nSPS) is 10.6. The van der Waals surface area contributed by atoms with Gasteiger partial charge >= 0.3 is 0 Å². The van der Waals surface area contributed by atoms with E-state index in [2.05, 4.69) is 21.0 Å². The van der Waals surface area contributed by atoms with Crippen LogP contribution in [0.5, 0.6) is 0 Å². The number of rotatable bonds is 4. The van der Waals surface area contributed by atoms with E-state index >= 15 is 0 Å². The highest BCUT2D eigenvalue weighted by Gasteiger charge is 2.04. The Morgan fingerprint density at radius 2 is 2.50 bits per heavy atom. The minimum Gasteiger partial charge on any atom is -0.394 e. The van der Waals surface area contributed by atoms with Crippen LogP contribution in [0.4, 0.5) is 0 Å². The Bertz CT molecular complexity index is 230. The third kappa shape index (κ3) is 2.30. The molecule has 0 saturated carbocycles.